The summed E-state index contributed by atoms with van der Waals surface area (Å²) in [6, 6.07) is 26.5. The summed E-state index contributed by atoms with van der Waals surface area (Å²) in [5, 5.41) is 9.85. The third kappa shape index (κ3) is 4.10. The van der Waals surface area contributed by atoms with Gasteiger partial charge in [0.2, 0.25) is 0 Å². The standard InChI is InChI=1S/C25H20FNO3/c26-20-13-11-18(12-14-20)23-17-22(25(28)29)24(19-7-3-1-4-8-19)27(23)15-16-30-21-9-5-2-6-10-21/h1-14,17H,15-16H2,(H,28,29). The molecule has 4 rings (SSSR count). The molecule has 5 heteroatoms. The van der Waals surface area contributed by atoms with Gasteiger partial charge in [-0.3, -0.25) is 0 Å². The highest BCUT2D eigenvalue weighted by molar-refractivity contribution is 5.97. The summed E-state index contributed by atoms with van der Waals surface area (Å²) >= 11 is 0. The van der Waals surface area contributed by atoms with Gasteiger partial charge < -0.3 is 14.4 Å². The Morgan fingerprint density at radius 3 is 2.13 bits per heavy atom. The predicted molar refractivity (Wildman–Crippen MR) is 114 cm³/mol. The Labute approximate surface area is 173 Å². The van der Waals surface area contributed by atoms with Crippen LogP contribution in [0, 0.1) is 5.82 Å². The summed E-state index contributed by atoms with van der Waals surface area (Å²) in [6.45, 7) is 0.783. The second kappa shape index (κ2) is 8.66. The minimum absolute atomic E-state index is 0.195. The van der Waals surface area contributed by atoms with E-state index in [0.29, 0.717) is 24.5 Å². The number of carboxylic acids is 1. The maximum atomic E-state index is 13.5. The quantitative estimate of drug-likeness (QED) is 0.430. The van der Waals surface area contributed by atoms with Crippen molar-refractivity contribution in [3.05, 3.63) is 102 Å². The normalized spacial score (nSPS) is 10.7. The van der Waals surface area contributed by atoms with Crippen LogP contribution >= 0.6 is 0 Å². The van der Waals surface area contributed by atoms with E-state index < -0.39 is 5.97 Å². The monoisotopic (exact) mass is 401 g/mol. The lowest BCUT2D eigenvalue weighted by Gasteiger charge is -2.15. The zero-order valence-electron chi connectivity index (χ0n) is 16.2. The van der Waals surface area contributed by atoms with Crippen molar-refractivity contribution in [2.24, 2.45) is 0 Å². The Hall–Kier alpha value is -3.86. The van der Waals surface area contributed by atoms with Crippen molar-refractivity contribution < 1.29 is 19.0 Å². The highest BCUT2D eigenvalue weighted by Gasteiger charge is 2.22. The van der Waals surface area contributed by atoms with Gasteiger partial charge >= 0.3 is 5.97 Å². The second-order valence-electron chi connectivity index (χ2n) is 6.78. The summed E-state index contributed by atoms with van der Waals surface area (Å²) in [7, 11) is 0. The molecule has 3 aromatic carbocycles. The molecule has 1 heterocycles. The smallest absolute Gasteiger partial charge is 0.337 e. The Balaban J connectivity index is 1.78. The van der Waals surface area contributed by atoms with Crippen LogP contribution in [0.15, 0.2) is 91.0 Å². The fraction of sp³-hybridized carbons (Fsp3) is 0.0800. The van der Waals surface area contributed by atoms with Crippen LogP contribution in [0.25, 0.3) is 22.5 Å². The molecule has 0 fully saturated rings. The van der Waals surface area contributed by atoms with Gasteiger partial charge in [0.25, 0.3) is 0 Å². The molecule has 0 saturated heterocycles. The van der Waals surface area contributed by atoms with E-state index in [1.54, 1.807) is 18.2 Å². The lowest BCUT2D eigenvalue weighted by Crippen LogP contribution is -2.11. The summed E-state index contributed by atoms with van der Waals surface area (Å²) in [5.74, 6) is -0.612. The Morgan fingerprint density at radius 1 is 0.867 bits per heavy atom. The van der Waals surface area contributed by atoms with Crippen LogP contribution in [-0.4, -0.2) is 22.2 Å². The summed E-state index contributed by atoms with van der Waals surface area (Å²) in [4.78, 5) is 12.0. The largest absolute Gasteiger partial charge is 0.492 e. The molecule has 150 valence electrons. The number of hydrogen-bond acceptors (Lipinski definition) is 2. The molecule has 4 nitrogen and oxygen atoms in total. The molecule has 1 aromatic heterocycles. The number of aromatic carboxylic acids is 1. The fourth-order valence-corrected chi connectivity index (χ4v) is 3.48. The van der Waals surface area contributed by atoms with Gasteiger partial charge in [0.05, 0.1) is 17.8 Å². The zero-order valence-corrected chi connectivity index (χ0v) is 16.2. The molecule has 0 amide bonds. The Bertz CT molecular complexity index is 1140. The minimum Gasteiger partial charge on any atom is -0.492 e. The first-order valence-electron chi connectivity index (χ1n) is 9.59. The number of para-hydroxylation sites is 1. The van der Waals surface area contributed by atoms with E-state index in [-0.39, 0.29) is 11.4 Å². The van der Waals surface area contributed by atoms with Gasteiger partial charge in [0.15, 0.2) is 0 Å². The lowest BCUT2D eigenvalue weighted by atomic mass is 10.1. The van der Waals surface area contributed by atoms with Crippen molar-refractivity contribution in [2.45, 2.75) is 6.54 Å². The van der Waals surface area contributed by atoms with Crippen molar-refractivity contribution in [3.8, 4) is 28.3 Å². The molecule has 1 N–H and O–H groups in total. The average Bonchev–Trinajstić information content (AvgIpc) is 3.15. The minimum atomic E-state index is -1.01. The van der Waals surface area contributed by atoms with Gasteiger partial charge in [0, 0.05) is 5.69 Å². The number of nitrogens with zero attached hydrogens (tertiary/aromatic N) is 1. The summed E-state index contributed by atoms with van der Waals surface area (Å²) in [6.07, 6.45) is 0. The summed E-state index contributed by atoms with van der Waals surface area (Å²) < 4.78 is 21.2. The second-order valence-corrected chi connectivity index (χ2v) is 6.78. The number of hydrogen-bond donors (Lipinski definition) is 1. The molecule has 0 aliphatic heterocycles. The van der Waals surface area contributed by atoms with Crippen LogP contribution < -0.4 is 4.74 Å². The van der Waals surface area contributed by atoms with Crippen molar-refractivity contribution in [2.75, 3.05) is 6.61 Å². The molecule has 4 aromatic rings. The van der Waals surface area contributed by atoms with Crippen molar-refractivity contribution in [1.29, 1.82) is 0 Å². The van der Waals surface area contributed by atoms with E-state index in [4.69, 9.17) is 4.74 Å². The van der Waals surface area contributed by atoms with E-state index in [1.165, 1.54) is 12.1 Å². The lowest BCUT2D eigenvalue weighted by molar-refractivity contribution is 0.0697. The Morgan fingerprint density at radius 2 is 1.50 bits per heavy atom. The SMILES string of the molecule is O=C(O)c1cc(-c2ccc(F)cc2)n(CCOc2ccccc2)c1-c1ccccc1. The van der Waals surface area contributed by atoms with Crippen LogP contribution in [0.4, 0.5) is 4.39 Å². The number of halogens is 1. The highest BCUT2D eigenvalue weighted by atomic mass is 19.1. The van der Waals surface area contributed by atoms with E-state index in [9.17, 15) is 14.3 Å². The van der Waals surface area contributed by atoms with Crippen LogP contribution in [0.2, 0.25) is 0 Å². The van der Waals surface area contributed by atoms with Gasteiger partial charge in [-0.1, -0.05) is 48.5 Å². The molecule has 0 atom stereocenters. The first kappa shape index (κ1) is 19.5. The average molecular weight is 401 g/mol. The van der Waals surface area contributed by atoms with Crippen LogP contribution in [-0.2, 0) is 6.54 Å². The van der Waals surface area contributed by atoms with Crippen molar-refractivity contribution >= 4 is 5.97 Å². The molecule has 0 saturated carbocycles. The summed E-state index contributed by atoms with van der Waals surface area (Å²) in [5.41, 5.74) is 3.02. The van der Waals surface area contributed by atoms with Gasteiger partial charge in [-0.05, 0) is 53.6 Å². The van der Waals surface area contributed by atoms with Crippen LogP contribution in [0.5, 0.6) is 5.75 Å². The van der Waals surface area contributed by atoms with Crippen LogP contribution in [0.3, 0.4) is 0 Å². The molecule has 0 bridgehead atoms. The first-order chi connectivity index (χ1) is 14.6. The van der Waals surface area contributed by atoms with E-state index in [2.05, 4.69) is 0 Å². The number of carboxylic acid groups (broad SMARTS) is 1. The molecule has 0 radical (unpaired) electrons. The molecule has 0 aliphatic rings. The molecular formula is C25H20FNO3. The third-order valence-corrected chi connectivity index (χ3v) is 4.84. The number of rotatable bonds is 7. The Kier molecular flexibility index (Phi) is 5.61. The predicted octanol–water partition coefficient (Wildman–Crippen LogP) is 5.74. The van der Waals surface area contributed by atoms with E-state index in [1.807, 2.05) is 65.2 Å². The number of ether oxygens (including phenoxy) is 1. The molecule has 0 aliphatic carbocycles. The highest BCUT2D eigenvalue weighted by Crippen LogP contribution is 2.33. The maximum Gasteiger partial charge on any atom is 0.337 e. The van der Waals surface area contributed by atoms with Gasteiger partial charge in [-0.25, -0.2) is 9.18 Å². The number of carbonyl (C=O) groups is 1. The fourth-order valence-electron chi connectivity index (χ4n) is 3.48. The van der Waals surface area contributed by atoms with Gasteiger partial charge in [0.1, 0.15) is 18.2 Å². The first-order valence-corrected chi connectivity index (χ1v) is 9.59. The van der Waals surface area contributed by atoms with Gasteiger partial charge in [-0.15, -0.1) is 0 Å². The van der Waals surface area contributed by atoms with Gasteiger partial charge in [-0.2, -0.15) is 0 Å². The van der Waals surface area contributed by atoms with Crippen LogP contribution in [0.1, 0.15) is 10.4 Å². The molecule has 0 unspecified atom stereocenters. The molecular weight excluding hydrogens is 381 g/mol. The van der Waals surface area contributed by atoms with Crippen molar-refractivity contribution in [1.82, 2.24) is 4.57 Å². The van der Waals surface area contributed by atoms with E-state index in [0.717, 1.165) is 16.9 Å². The van der Waals surface area contributed by atoms with Crippen molar-refractivity contribution in [3.63, 3.8) is 0 Å². The zero-order chi connectivity index (χ0) is 20.9. The molecule has 0 spiro atoms. The number of benzene rings is 3. The van der Waals surface area contributed by atoms with E-state index >= 15 is 0 Å². The molecule has 30 heavy (non-hydrogen) atoms. The third-order valence-electron chi connectivity index (χ3n) is 4.84. The maximum absolute atomic E-state index is 13.5. The number of aromatic nitrogens is 1. The topological polar surface area (TPSA) is 51.5 Å².